The van der Waals surface area contributed by atoms with Gasteiger partial charge < -0.3 is 5.11 Å². The van der Waals surface area contributed by atoms with Crippen LogP contribution in [0.15, 0.2) is 48.5 Å². The number of Topliss-reactive ketones (excluding diaryl/α,β-unsaturated/α-hetero) is 1. The van der Waals surface area contributed by atoms with Crippen LogP contribution >= 0.6 is 0 Å². The van der Waals surface area contributed by atoms with Crippen molar-refractivity contribution in [2.24, 2.45) is 0 Å². The standard InChI is InChI=1S/C22H21FN2O3/c1-14-20(12-22(27)28)15(2)25(24-14)13-16-6-8-18(9-7-16)21(26)11-17-4-3-5-19(23)10-17/h3-10H,11-13H2,1-2H3,(H,27,28). The molecule has 3 rings (SSSR count). The second kappa shape index (κ2) is 8.17. The van der Waals surface area contributed by atoms with Gasteiger partial charge in [0.25, 0.3) is 0 Å². The lowest BCUT2D eigenvalue weighted by molar-refractivity contribution is -0.136. The van der Waals surface area contributed by atoms with Gasteiger partial charge in [0.1, 0.15) is 5.82 Å². The maximum atomic E-state index is 13.3. The monoisotopic (exact) mass is 380 g/mol. The lowest BCUT2D eigenvalue weighted by Gasteiger charge is -2.07. The summed E-state index contributed by atoms with van der Waals surface area (Å²) in [5, 5.41) is 13.5. The van der Waals surface area contributed by atoms with E-state index in [4.69, 9.17) is 5.11 Å². The Balaban J connectivity index is 1.71. The highest BCUT2D eigenvalue weighted by Gasteiger charge is 2.15. The molecule has 0 amide bonds. The van der Waals surface area contributed by atoms with Gasteiger partial charge >= 0.3 is 5.97 Å². The molecule has 0 radical (unpaired) electrons. The topological polar surface area (TPSA) is 72.2 Å². The Morgan fingerprint density at radius 1 is 1.04 bits per heavy atom. The van der Waals surface area contributed by atoms with Crippen LogP contribution in [0, 0.1) is 19.7 Å². The normalized spacial score (nSPS) is 10.8. The van der Waals surface area contributed by atoms with Crippen molar-refractivity contribution in [3.05, 3.63) is 88.0 Å². The van der Waals surface area contributed by atoms with Gasteiger partial charge in [-0.3, -0.25) is 14.3 Å². The molecule has 0 aliphatic rings. The summed E-state index contributed by atoms with van der Waals surface area (Å²) in [6, 6.07) is 13.2. The van der Waals surface area contributed by atoms with Gasteiger partial charge in [-0.25, -0.2) is 4.39 Å². The van der Waals surface area contributed by atoms with E-state index in [0.29, 0.717) is 23.4 Å². The minimum atomic E-state index is -0.882. The molecule has 0 unspecified atom stereocenters. The Labute approximate surface area is 162 Å². The van der Waals surface area contributed by atoms with E-state index in [1.165, 1.54) is 12.1 Å². The smallest absolute Gasteiger partial charge is 0.307 e. The van der Waals surface area contributed by atoms with Gasteiger partial charge in [0.15, 0.2) is 5.78 Å². The van der Waals surface area contributed by atoms with E-state index in [-0.39, 0.29) is 24.4 Å². The molecule has 0 spiro atoms. The molecule has 1 heterocycles. The first-order valence-corrected chi connectivity index (χ1v) is 8.94. The van der Waals surface area contributed by atoms with Crippen molar-refractivity contribution < 1.29 is 19.1 Å². The highest BCUT2D eigenvalue weighted by molar-refractivity contribution is 5.97. The van der Waals surface area contributed by atoms with Crippen LogP contribution in [-0.2, 0) is 24.2 Å². The Morgan fingerprint density at radius 2 is 1.75 bits per heavy atom. The Kier molecular flexibility index (Phi) is 5.68. The van der Waals surface area contributed by atoms with Crippen LogP contribution < -0.4 is 0 Å². The van der Waals surface area contributed by atoms with Gasteiger partial charge in [0, 0.05) is 23.2 Å². The number of carboxylic acids is 1. The first kappa shape index (κ1) is 19.5. The van der Waals surface area contributed by atoms with Gasteiger partial charge in [-0.05, 0) is 37.1 Å². The number of ketones is 1. The summed E-state index contributed by atoms with van der Waals surface area (Å²) in [5.41, 5.74) is 4.42. The molecular weight excluding hydrogens is 359 g/mol. The molecule has 144 valence electrons. The average molecular weight is 380 g/mol. The Hall–Kier alpha value is -3.28. The summed E-state index contributed by atoms with van der Waals surface area (Å²) >= 11 is 0. The van der Waals surface area contributed by atoms with Gasteiger partial charge in [-0.15, -0.1) is 0 Å². The third-order valence-corrected chi connectivity index (χ3v) is 4.72. The Bertz CT molecular complexity index is 1020. The van der Waals surface area contributed by atoms with Crippen LogP contribution in [0.1, 0.15) is 38.4 Å². The molecule has 28 heavy (non-hydrogen) atoms. The van der Waals surface area contributed by atoms with Crippen LogP contribution in [0.5, 0.6) is 0 Å². The third kappa shape index (κ3) is 4.52. The second-order valence-electron chi connectivity index (χ2n) is 6.80. The van der Waals surface area contributed by atoms with Gasteiger partial charge in [-0.1, -0.05) is 36.4 Å². The minimum absolute atomic E-state index is 0.0504. The first-order chi connectivity index (χ1) is 13.3. The number of hydrogen-bond acceptors (Lipinski definition) is 3. The fraction of sp³-hybridized carbons (Fsp3) is 0.227. The summed E-state index contributed by atoms with van der Waals surface area (Å²) in [4.78, 5) is 23.4. The molecule has 0 saturated heterocycles. The molecule has 6 heteroatoms. The zero-order chi connectivity index (χ0) is 20.3. The zero-order valence-electron chi connectivity index (χ0n) is 15.8. The van der Waals surface area contributed by atoms with E-state index in [2.05, 4.69) is 5.10 Å². The summed E-state index contributed by atoms with van der Waals surface area (Å²) in [5.74, 6) is -1.31. The van der Waals surface area contributed by atoms with E-state index in [0.717, 1.165) is 16.8 Å². The van der Waals surface area contributed by atoms with Crippen molar-refractivity contribution in [1.82, 2.24) is 9.78 Å². The molecule has 0 fully saturated rings. The zero-order valence-corrected chi connectivity index (χ0v) is 15.8. The molecule has 0 saturated carbocycles. The van der Waals surface area contributed by atoms with Crippen LogP contribution in [0.4, 0.5) is 4.39 Å². The number of carboxylic acid groups (broad SMARTS) is 1. The number of rotatable bonds is 7. The number of nitrogens with zero attached hydrogens (tertiary/aromatic N) is 2. The first-order valence-electron chi connectivity index (χ1n) is 8.94. The number of aliphatic carboxylic acids is 1. The number of carbonyl (C=O) groups is 2. The molecular formula is C22H21FN2O3. The SMILES string of the molecule is Cc1nn(Cc2ccc(C(=O)Cc3cccc(F)c3)cc2)c(C)c1CC(=O)O. The van der Waals surface area contributed by atoms with Crippen LogP contribution in [-0.4, -0.2) is 26.6 Å². The number of hydrogen-bond donors (Lipinski definition) is 1. The number of aryl methyl sites for hydroxylation is 1. The highest BCUT2D eigenvalue weighted by atomic mass is 19.1. The predicted molar refractivity (Wildman–Crippen MR) is 103 cm³/mol. The fourth-order valence-electron chi connectivity index (χ4n) is 3.20. The molecule has 1 aromatic heterocycles. The van der Waals surface area contributed by atoms with E-state index < -0.39 is 5.97 Å². The van der Waals surface area contributed by atoms with Crippen LogP contribution in [0.3, 0.4) is 0 Å². The van der Waals surface area contributed by atoms with Gasteiger partial charge in [-0.2, -0.15) is 5.10 Å². The van der Waals surface area contributed by atoms with Crippen molar-refractivity contribution in [3.63, 3.8) is 0 Å². The fourth-order valence-corrected chi connectivity index (χ4v) is 3.20. The summed E-state index contributed by atoms with van der Waals surface area (Å²) < 4.78 is 15.0. The average Bonchev–Trinajstić information content (AvgIpc) is 2.89. The minimum Gasteiger partial charge on any atom is -0.481 e. The molecule has 1 N–H and O–H groups in total. The van der Waals surface area contributed by atoms with Crippen molar-refractivity contribution in [1.29, 1.82) is 0 Å². The van der Waals surface area contributed by atoms with E-state index in [9.17, 15) is 14.0 Å². The van der Waals surface area contributed by atoms with E-state index >= 15 is 0 Å². The molecule has 0 aliphatic carbocycles. The number of aromatic nitrogens is 2. The molecule has 2 aromatic carbocycles. The lowest BCUT2D eigenvalue weighted by atomic mass is 10.0. The van der Waals surface area contributed by atoms with E-state index in [1.807, 2.05) is 19.1 Å². The van der Waals surface area contributed by atoms with Gasteiger partial charge in [0.05, 0.1) is 18.7 Å². The van der Waals surface area contributed by atoms with Crippen molar-refractivity contribution in [2.75, 3.05) is 0 Å². The van der Waals surface area contributed by atoms with E-state index in [1.54, 1.807) is 35.9 Å². The molecule has 5 nitrogen and oxygen atoms in total. The van der Waals surface area contributed by atoms with Crippen molar-refractivity contribution >= 4 is 11.8 Å². The number of carbonyl (C=O) groups excluding carboxylic acids is 1. The van der Waals surface area contributed by atoms with Crippen molar-refractivity contribution in [2.45, 2.75) is 33.2 Å². The van der Waals surface area contributed by atoms with Crippen LogP contribution in [0.25, 0.3) is 0 Å². The van der Waals surface area contributed by atoms with Crippen LogP contribution in [0.2, 0.25) is 0 Å². The molecule has 0 bridgehead atoms. The maximum absolute atomic E-state index is 13.3. The molecule has 0 aliphatic heterocycles. The highest BCUT2D eigenvalue weighted by Crippen LogP contribution is 2.16. The molecule has 0 atom stereocenters. The number of benzene rings is 2. The quantitative estimate of drug-likeness (QED) is 0.634. The third-order valence-electron chi connectivity index (χ3n) is 4.72. The van der Waals surface area contributed by atoms with Crippen molar-refractivity contribution in [3.8, 4) is 0 Å². The molecule has 3 aromatic rings. The van der Waals surface area contributed by atoms with Gasteiger partial charge in [0.2, 0.25) is 0 Å². The largest absolute Gasteiger partial charge is 0.481 e. The Morgan fingerprint density at radius 3 is 2.39 bits per heavy atom. The second-order valence-corrected chi connectivity index (χ2v) is 6.80. The number of halogens is 1. The summed E-state index contributed by atoms with van der Waals surface area (Å²) in [6.07, 6.45) is 0.0955. The maximum Gasteiger partial charge on any atom is 0.307 e. The predicted octanol–water partition coefficient (Wildman–Crippen LogP) is 3.74. The summed E-state index contributed by atoms with van der Waals surface area (Å²) in [7, 11) is 0. The lowest BCUT2D eigenvalue weighted by Crippen LogP contribution is -2.07. The summed E-state index contributed by atoms with van der Waals surface area (Å²) in [6.45, 7) is 4.15.